The Bertz CT molecular complexity index is 952. The van der Waals surface area contributed by atoms with Gasteiger partial charge in [0.15, 0.2) is 6.61 Å². The molecular formula is C25H33N3O4. The van der Waals surface area contributed by atoms with Gasteiger partial charge in [-0.1, -0.05) is 13.0 Å². The van der Waals surface area contributed by atoms with Crippen LogP contribution in [-0.2, 0) is 9.53 Å². The first kappa shape index (κ1) is 23.6. The molecule has 1 saturated heterocycles. The lowest BCUT2D eigenvalue weighted by Crippen LogP contribution is -2.46. The number of nitrogens with one attached hydrogen (secondary N) is 1. The molecule has 0 spiro atoms. The summed E-state index contributed by atoms with van der Waals surface area (Å²) in [4.78, 5) is 29.6. The number of amides is 1. The lowest BCUT2D eigenvalue weighted by atomic mass is 10.1. The minimum Gasteiger partial charge on any atom is -0.484 e. The lowest BCUT2D eigenvalue weighted by Gasteiger charge is -2.36. The van der Waals surface area contributed by atoms with Crippen LogP contribution in [-0.4, -0.2) is 62.7 Å². The molecule has 1 amide bonds. The number of piperazine rings is 1. The molecule has 0 unspecified atom stereocenters. The minimum absolute atomic E-state index is 0.116. The van der Waals surface area contributed by atoms with Crippen molar-refractivity contribution in [3.63, 3.8) is 0 Å². The second-order valence-electron chi connectivity index (χ2n) is 7.96. The smallest absolute Gasteiger partial charge is 0.338 e. The Hall–Kier alpha value is -3.06. The van der Waals surface area contributed by atoms with Crippen molar-refractivity contribution < 1.29 is 19.1 Å². The highest BCUT2D eigenvalue weighted by Gasteiger charge is 2.21. The number of aryl methyl sites for hydroxylation is 2. The predicted molar refractivity (Wildman–Crippen MR) is 127 cm³/mol. The molecule has 3 rings (SSSR count). The number of likely N-dealkylation sites (N-methyl/N-ethyl adjacent to an activating group) is 1. The molecular weight excluding hydrogens is 406 g/mol. The van der Waals surface area contributed by atoms with Crippen LogP contribution in [0.15, 0.2) is 36.4 Å². The van der Waals surface area contributed by atoms with E-state index in [-0.39, 0.29) is 12.5 Å². The third-order valence-corrected chi connectivity index (χ3v) is 5.79. The van der Waals surface area contributed by atoms with E-state index in [1.807, 2.05) is 38.1 Å². The van der Waals surface area contributed by atoms with E-state index in [4.69, 9.17) is 9.47 Å². The molecule has 7 nitrogen and oxygen atoms in total. The lowest BCUT2D eigenvalue weighted by molar-refractivity contribution is -0.118. The molecule has 0 bridgehead atoms. The zero-order valence-corrected chi connectivity index (χ0v) is 19.4. The van der Waals surface area contributed by atoms with E-state index in [1.54, 1.807) is 19.1 Å². The number of hydrogen-bond acceptors (Lipinski definition) is 6. The van der Waals surface area contributed by atoms with Crippen LogP contribution >= 0.6 is 0 Å². The van der Waals surface area contributed by atoms with Gasteiger partial charge in [0, 0.05) is 26.2 Å². The van der Waals surface area contributed by atoms with Gasteiger partial charge in [-0.05, 0) is 68.8 Å². The number of carbonyl (C=O) groups is 2. The molecule has 7 heteroatoms. The van der Waals surface area contributed by atoms with Crippen LogP contribution in [0.1, 0.15) is 35.3 Å². The van der Waals surface area contributed by atoms with Crippen molar-refractivity contribution in [2.75, 3.05) is 56.2 Å². The molecule has 2 aromatic rings. The standard InChI is InChI=1S/C25H33N3O4/c1-5-27-11-13-28(14-12-27)23-10-8-20(25(30)31-6-2)16-22(23)26-24(29)17-32-21-9-7-18(3)19(4)15-21/h7-10,15-16H,5-6,11-14,17H2,1-4H3,(H,26,29). The van der Waals surface area contributed by atoms with Gasteiger partial charge in [-0.2, -0.15) is 0 Å². The summed E-state index contributed by atoms with van der Waals surface area (Å²) in [6.07, 6.45) is 0. The van der Waals surface area contributed by atoms with E-state index in [2.05, 4.69) is 22.0 Å². The first-order chi connectivity index (χ1) is 15.4. The third kappa shape index (κ3) is 6.01. The van der Waals surface area contributed by atoms with Crippen LogP contribution in [0.5, 0.6) is 5.75 Å². The van der Waals surface area contributed by atoms with Gasteiger partial charge >= 0.3 is 5.97 Å². The Morgan fingerprint density at radius 1 is 0.969 bits per heavy atom. The summed E-state index contributed by atoms with van der Waals surface area (Å²) >= 11 is 0. The highest BCUT2D eigenvalue weighted by atomic mass is 16.5. The van der Waals surface area contributed by atoms with Crippen LogP contribution in [0.3, 0.4) is 0 Å². The second kappa shape index (κ2) is 11.0. The van der Waals surface area contributed by atoms with Gasteiger partial charge in [0.1, 0.15) is 5.75 Å². The second-order valence-corrected chi connectivity index (χ2v) is 7.96. The average Bonchev–Trinajstić information content (AvgIpc) is 2.80. The number of hydrogen-bond donors (Lipinski definition) is 1. The van der Waals surface area contributed by atoms with Gasteiger partial charge in [0.25, 0.3) is 5.91 Å². The van der Waals surface area contributed by atoms with E-state index in [0.29, 0.717) is 23.6 Å². The summed E-state index contributed by atoms with van der Waals surface area (Å²) in [6.45, 7) is 12.8. The summed E-state index contributed by atoms with van der Waals surface area (Å²) in [7, 11) is 0. The quantitative estimate of drug-likeness (QED) is 0.634. The zero-order chi connectivity index (χ0) is 23.1. The van der Waals surface area contributed by atoms with Crippen LogP contribution < -0.4 is 15.0 Å². The largest absolute Gasteiger partial charge is 0.484 e. The number of benzene rings is 2. The number of carbonyl (C=O) groups excluding carboxylic acids is 2. The van der Waals surface area contributed by atoms with Gasteiger partial charge < -0.3 is 24.6 Å². The van der Waals surface area contributed by atoms with E-state index in [1.165, 1.54) is 5.56 Å². The first-order valence-corrected chi connectivity index (χ1v) is 11.2. The van der Waals surface area contributed by atoms with Crippen molar-refractivity contribution >= 4 is 23.3 Å². The van der Waals surface area contributed by atoms with Gasteiger partial charge in [-0.3, -0.25) is 4.79 Å². The van der Waals surface area contributed by atoms with Crippen molar-refractivity contribution in [3.05, 3.63) is 53.1 Å². The molecule has 0 saturated carbocycles. The Labute approximate surface area is 190 Å². The maximum atomic E-state index is 12.7. The van der Waals surface area contributed by atoms with Crippen molar-refractivity contribution in [1.29, 1.82) is 0 Å². The van der Waals surface area contributed by atoms with Crippen LogP contribution in [0.4, 0.5) is 11.4 Å². The SMILES string of the molecule is CCOC(=O)c1ccc(N2CCN(CC)CC2)c(NC(=O)COc2ccc(C)c(C)c2)c1. The molecule has 32 heavy (non-hydrogen) atoms. The normalized spacial score (nSPS) is 14.2. The number of rotatable bonds is 8. The fourth-order valence-electron chi connectivity index (χ4n) is 3.70. The van der Waals surface area contributed by atoms with Crippen molar-refractivity contribution in [2.45, 2.75) is 27.7 Å². The molecule has 0 aliphatic carbocycles. The fraction of sp³-hybridized carbons (Fsp3) is 0.440. The topological polar surface area (TPSA) is 71.1 Å². The van der Waals surface area contributed by atoms with Crippen LogP contribution in [0.2, 0.25) is 0 Å². The van der Waals surface area contributed by atoms with Crippen molar-refractivity contribution in [2.24, 2.45) is 0 Å². The van der Waals surface area contributed by atoms with Crippen molar-refractivity contribution in [3.8, 4) is 5.75 Å². The van der Waals surface area contributed by atoms with Crippen LogP contribution in [0, 0.1) is 13.8 Å². The Morgan fingerprint density at radius 3 is 2.38 bits per heavy atom. The maximum absolute atomic E-state index is 12.7. The van der Waals surface area contributed by atoms with E-state index in [0.717, 1.165) is 44.0 Å². The van der Waals surface area contributed by atoms with E-state index < -0.39 is 5.97 Å². The molecule has 1 heterocycles. The molecule has 172 valence electrons. The molecule has 0 aromatic heterocycles. The Morgan fingerprint density at radius 2 is 1.72 bits per heavy atom. The number of esters is 1. The molecule has 1 aliphatic rings. The number of nitrogens with zero attached hydrogens (tertiary/aromatic N) is 2. The number of ether oxygens (including phenoxy) is 2. The van der Waals surface area contributed by atoms with Crippen LogP contribution in [0.25, 0.3) is 0 Å². The minimum atomic E-state index is -0.406. The third-order valence-electron chi connectivity index (χ3n) is 5.79. The highest BCUT2D eigenvalue weighted by Crippen LogP contribution is 2.29. The highest BCUT2D eigenvalue weighted by molar-refractivity contribution is 5.98. The Balaban J connectivity index is 1.75. The average molecular weight is 440 g/mol. The molecule has 0 atom stereocenters. The predicted octanol–water partition coefficient (Wildman–Crippen LogP) is 3.64. The molecule has 2 aromatic carbocycles. The summed E-state index contributed by atoms with van der Waals surface area (Å²) in [6, 6.07) is 11.1. The summed E-state index contributed by atoms with van der Waals surface area (Å²) in [5.74, 6) is -0.0335. The summed E-state index contributed by atoms with van der Waals surface area (Å²) < 4.78 is 10.8. The van der Waals surface area contributed by atoms with E-state index in [9.17, 15) is 9.59 Å². The molecule has 1 fully saturated rings. The Kier molecular flexibility index (Phi) is 8.11. The van der Waals surface area contributed by atoms with Gasteiger partial charge in [-0.15, -0.1) is 0 Å². The molecule has 1 N–H and O–H groups in total. The van der Waals surface area contributed by atoms with Crippen molar-refractivity contribution in [1.82, 2.24) is 4.90 Å². The van der Waals surface area contributed by atoms with E-state index >= 15 is 0 Å². The molecule has 1 aliphatic heterocycles. The van der Waals surface area contributed by atoms with Gasteiger partial charge in [0.2, 0.25) is 0 Å². The fourth-order valence-corrected chi connectivity index (χ4v) is 3.70. The zero-order valence-electron chi connectivity index (χ0n) is 19.4. The molecule has 0 radical (unpaired) electrons. The monoisotopic (exact) mass is 439 g/mol. The summed E-state index contributed by atoms with van der Waals surface area (Å²) in [5, 5.41) is 2.94. The first-order valence-electron chi connectivity index (χ1n) is 11.2. The number of anilines is 2. The van der Waals surface area contributed by atoms with Gasteiger partial charge in [-0.25, -0.2) is 4.79 Å². The maximum Gasteiger partial charge on any atom is 0.338 e. The summed E-state index contributed by atoms with van der Waals surface area (Å²) in [5.41, 5.74) is 4.18. The van der Waals surface area contributed by atoms with Gasteiger partial charge in [0.05, 0.1) is 23.5 Å².